The number of ether oxygens (including phenoxy) is 1. The molecule has 0 spiro atoms. The van der Waals surface area contributed by atoms with Crippen LogP contribution in [0.15, 0.2) is 48.5 Å². The van der Waals surface area contributed by atoms with Gasteiger partial charge in [0.05, 0.1) is 42.5 Å². The molecule has 0 aliphatic carbocycles. The second-order valence-corrected chi connectivity index (χ2v) is 7.24. The van der Waals surface area contributed by atoms with Crippen LogP contribution >= 0.6 is 0 Å². The molecule has 2 aromatic carbocycles. The number of rotatable bonds is 5. The van der Waals surface area contributed by atoms with E-state index in [1.54, 1.807) is 0 Å². The molecule has 1 amide bonds. The minimum Gasteiger partial charge on any atom is -0.379 e. The van der Waals surface area contributed by atoms with Crippen LogP contribution < -0.4 is 5.73 Å². The number of pyridine rings is 1. The van der Waals surface area contributed by atoms with Crippen molar-refractivity contribution in [3.63, 3.8) is 0 Å². The summed E-state index contributed by atoms with van der Waals surface area (Å²) in [4.78, 5) is 18.3. The summed E-state index contributed by atoms with van der Waals surface area (Å²) in [5, 5.41) is 10.3. The Hall–Kier alpha value is -3.27. The Morgan fingerprint density at radius 3 is 2.59 bits per heavy atom. The van der Waals surface area contributed by atoms with Gasteiger partial charge < -0.3 is 10.5 Å². The number of nitrogens with zero attached hydrogens (tertiary/aromatic N) is 3. The Kier molecular flexibility index (Phi) is 5.52. The molecule has 2 heterocycles. The third-order valence-electron chi connectivity index (χ3n) is 5.15. The Morgan fingerprint density at radius 2 is 1.90 bits per heavy atom. The van der Waals surface area contributed by atoms with E-state index >= 15 is 0 Å². The molecule has 0 atom stereocenters. The summed E-state index contributed by atoms with van der Waals surface area (Å²) >= 11 is 0. The summed E-state index contributed by atoms with van der Waals surface area (Å²) in [7, 11) is 0. The van der Waals surface area contributed by atoms with Gasteiger partial charge in [-0.1, -0.05) is 30.3 Å². The van der Waals surface area contributed by atoms with E-state index in [-0.39, 0.29) is 12.3 Å². The third-order valence-corrected chi connectivity index (χ3v) is 5.15. The highest BCUT2D eigenvalue weighted by molar-refractivity contribution is 5.86. The van der Waals surface area contributed by atoms with E-state index < -0.39 is 0 Å². The van der Waals surface area contributed by atoms with Gasteiger partial charge in [-0.2, -0.15) is 5.26 Å². The monoisotopic (exact) mass is 386 g/mol. The number of aromatic nitrogens is 1. The van der Waals surface area contributed by atoms with Gasteiger partial charge in [0.1, 0.15) is 0 Å². The van der Waals surface area contributed by atoms with E-state index in [9.17, 15) is 10.1 Å². The number of nitrogens with two attached hydrogens (primary N) is 1. The number of amides is 1. The average Bonchev–Trinajstić information content (AvgIpc) is 2.74. The lowest BCUT2D eigenvalue weighted by atomic mass is 10.0. The fourth-order valence-electron chi connectivity index (χ4n) is 3.64. The van der Waals surface area contributed by atoms with Gasteiger partial charge in [-0.05, 0) is 29.3 Å². The molecule has 6 heteroatoms. The zero-order valence-corrected chi connectivity index (χ0v) is 16.1. The molecule has 4 rings (SSSR count). The SMILES string of the molecule is N#Cc1ccc2c(CN3CCOCC3)cc(-c3ccc(CC(N)=O)cc3)nc2c1. The van der Waals surface area contributed by atoms with Crippen LogP contribution in [0.1, 0.15) is 16.7 Å². The van der Waals surface area contributed by atoms with Crippen LogP contribution in [0, 0.1) is 11.3 Å². The van der Waals surface area contributed by atoms with Gasteiger partial charge in [0.2, 0.25) is 5.91 Å². The fraction of sp³-hybridized carbons (Fsp3) is 0.261. The smallest absolute Gasteiger partial charge is 0.221 e. The number of benzene rings is 2. The lowest BCUT2D eigenvalue weighted by Crippen LogP contribution is -2.35. The molecule has 2 N–H and O–H groups in total. The Labute approximate surface area is 169 Å². The molecule has 6 nitrogen and oxygen atoms in total. The largest absolute Gasteiger partial charge is 0.379 e. The van der Waals surface area contributed by atoms with E-state index in [1.165, 1.54) is 5.56 Å². The van der Waals surface area contributed by atoms with E-state index in [0.29, 0.717) is 5.56 Å². The molecule has 1 fully saturated rings. The minimum absolute atomic E-state index is 0.221. The second kappa shape index (κ2) is 8.39. The van der Waals surface area contributed by atoms with Gasteiger partial charge in [-0.25, -0.2) is 4.98 Å². The predicted octanol–water partition coefficient (Wildman–Crippen LogP) is 2.63. The minimum atomic E-state index is -0.349. The van der Waals surface area contributed by atoms with Crippen LogP contribution in [-0.4, -0.2) is 42.1 Å². The van der Waals surface area contributed by atoms with Crippen molar-refractivity contribution in [2.45, 2.75) is 13.0 Å². The summed E-state index contributed by atoms with van der Waals surface area (Å²) in [5.41, 5.74) is 10.6. The molecule has 1 aliphatic heterocycles. The molecule has 1 saturated heterocycles. The number of nitriles is 1. The highest BCUT2D eigenvalue weighted by Crippen LogP contribution is 2.27. The summed E-state index contributed by atoms with van der Waals surface area (Å²) in [6, 6.07) is 17.7. The topological polar surface area (TPSA) is 92.2 Å². The van der Waals surface area contributed by atoms with Crippen molar-refractivity contribution in [2.24, 2.45) is 5.73 Å². The number of primary amides is 1. The zero-order valence-electron chi connectivity index (χ0n) is 16.1. The van der Waals surface area contributed by atoms with Crippen molar-refractivity contribution < 1.29 is 9.53 Å². The fourth-order valence-corrected chi connectivity index (χ4v) is 3.64. The Bertz CT molecular complexity index is 1080. The number of hydrogen-bond donors (Lipinski definition) is 1. The van der Waals surface area contributed by atoms with Gasteiger partial charge in [0.25, 0.3) is 0 Å². The van der Waals surface area contributed by atoms with E-state index in [1.807, 2.05) is 42.5 Å². The quantitative estimate of drug-likeness (QED) is 0.728. The van der Waals surface area contributed by atoms with Crippen molar-refractivity contribution in [1.82, 2.24) is 9.88 Å². The first-order valence-electron chi connectivity index (χ1n) is 9.64. The third kappa shape index (κ3) is 4.43. The standard InChI is InChI=1S/C23H22N4O2/c24-14-17-3-6-20-19(15-27-7-9-29-10-8-27)13-21(26-22(20)11-17)18-4-1-16(2-5-18)12-23(25)28/h1-6,11,13H,7-10,12,15H2,(H2,25,28). The second-order valence-electron chi connectivity index (χ2n) is 7.24. The Balaban J connectivity index is 1.74. The highest BCUT2D eigenvalue weighted by Gasteiger charge is 2.15. The van der Waals surface area contributed by atoms with E-state index in [4.69, 9.17) is 15.5 Å². The maximum Gasteiger partial charge on any atom is 0.221 e. The summed E-state index contributed by atoms with van der Waals surface area (Å²) in [6.07, 6.45) is 0.221. The number of morpholine rings is 1. The number of carbonyl (C=O) groups excluding carboxylic acids is 1. The molecule has 0 unspecified atom stereocenters. The lowest BCUT2D eigenvalue weighted by molar-refractivity contribution is -0.117. The van der Waals surface area contributed by atoms with Gasteiger partial charge >= 0.3 is 0 Å². The van der Waals surface area contributed by atoms with Crippen LogP contribution in [0.4, 0.5) is 0 Å². The van der Waals surface area contributed by atoms with Crippen LogP contribution in [0.25, 0.3) is 22.2 Å². The van der Waals surface area contributed by atoms with Crippen LogP contribution in [0.3, 0.4) is 0 Å². The van der Waals surface area contributed by atoms with Crippen LogP contribution in [0.5, 0.6) is 0 Å². The van der Waals surface area contributed by atoms with Gasteiger partial charge in [0.15, 0.2) is 0 Å². The van der Waals surface area contributed by atoms with Crippen LogP contribution in [0.2, 0.25) is 0 Å². The van der Waals surface area contributed by atoms with Gasteiger partial charge in [-0.15, -0.1) is 0 Å². The molecule has 29 heavy (non-hydrogen) atoms. The summed E-state index contributed by atoms with van der Waals surface area (Å²) < 4.78 is 5.46. The first-order valence-corrected chi connectivity index (χ1v) is 9.64. The maximum absolute atomic E-state index is 11.1. The van der Waals surface area contributed by atoms with Gasteiger partial charge in [0, 0.05) is 30.6 Å². The summed E-state index contributed by atoms with van der Waals surface area (Å²) in [5.74, 6) is -0.349. The number of hydrogen-bond acceptors (Lipinski definition) is 5. The van der Waals surface area contributed by atoms with Gasteiger partial charge in [-0.3, -0.25) is 9.69 Å². The normalized spacial score (nSPS) is 14.6. The van der Waals surface area contributed by atoms with Crippen LogP contribution in [-0.2, 0) is 22.5 Å². The van der Waals surface area contributed by atoms with Crippen molar-refractivity contribution in [1.29, 1.82) is 5.26 Å². The molecule has 1 aromatic heterocycles. The van der Waals surface area contributed by atoms with E-state index in [0.717, 1.165) is 60.6 Å². The zero-order chi connectivity index (χ0) is 20.2. The molecule has 146 valence electrons. The Morgan fingerprint density at radius 1 is 1.14 bits per heavy atom. The average molecular weight is 386 g/mol. The highest BCUT2D eigenvalue weighted by atomic mass is 16.5. The molecule has 1 aliphatic rings. The van der Waals surface area contributed by atoms with Crippen molar-refractivity contribution in [3.8, 4) is 17.3 Å². The van der Waals surface area contributed by atoms with E-state index in [2.05, 4.69) is 17.0 Å². The molecule has 3 aromatic rings. The molecular formula is C23H22N4O2. The molecule has 0 radical (unpaired) electrons. The number of fused-ring (bicyclic) bond motifs is 1. The maximum atomic E-state index is 11.1. The summed E-state index contributed by atoms with van der Waals surface area (Å²) in [6.45, 7) is 4.10. The first kappa shape index (κ1) is 19.1. The molecule has 0 saturated carbocycles. The van der Waals surface area contributed by atoms with Crippen molar-refractivity contribution in [2.75, 3.05) is 26.3 Å². The number of carbonyl (C=O) groups is 1. The lowest BCUT2D eigenvalue weighted by Gasteiger charge is -2.27. The molecule has 0 bridgehead atoms. The predicted molar refractivity (Wildman–Crippen MR) is 111 cm³/mol. The first-order chi connectivity index (χ1) is 14.1. The molecular weight excluding hydrogens is 364 g/mol. The van der Waals surface area contributed by atoms with Crippen molar-refractivity contribution in [3.05, 3.63) is 65.2 Å². The van der Waals surface area contributed by atoms with Crippen molar-refractivity contribution >= 4 is 16.8 Å².